The maximum Gasteiger partial charge on any atom is 0.358 e. The van der Waals surface area contributed by atoms with E-state index in [2.05, 4.69) is 15.5 Å². The number of rotatable bonds is 7. The lowest BCUT2D eigenvalue weighted by molar-refractivity contribution is 0.0513. The number of carboxylic acids is 1. The Kier molecular flexibility index (Phi) is 8.34. The van der Waals surface area contributed by atoms with Gasteiger partial charge in [0, 0.05) is 17.4 Å². The molecule has 1 aromatic heterocycles. The summed E-state index contributed by atoms with van der Waals surface area (Å²) >= 11 is 0. The standard InChI is InChI=1S/C28H29F2N7O6/c1-3-43-26(40)22-14-16(2)35(31-22)23-13-12-18(15-19(23)25(38)39)34(17-8-5-4-6-9-17)27(41)37-28(42)36(32-33-37)24-20(29)10-7-11-21(24)30/h7,10-15,17,28,42H,3-6,8-9H2,1-2H3,(H,38,39). The van der Waals surface area contributed by atoms with E-state index in [4.69, 9.17) is 4.74 Å². The van der Waals surface area contributed by atoms with Crippen molar-refractivity contribution in [3.05, 3.63) is 71.1 Å². The molecular weight excluding hydrogens is 568 g/mol. The molecule has 1 saturated carbocycles. The van der Waals surface area contributed by atoms with Crippen molar-refractivity contribution in [2.24, 2.45) is 10.4 Å². The minimum absolute atomic E-state index is 0.00278. The van der Waals surface area contributed by atoms with Crippen LogP contribution in [0, 0.1) is 18.6 Å². The third-order valence-corrected chi connectivity index (χ3v) is 7.27. The fourth-order valence-corrected chi connectivity index (χ4v) is 5.27. The van der Waals surface area contributed by atoms with Crippen LogP contribution in [0.2, 0.25) is 0 Å². The molecule has 43 heavy (non-hydrogen) atoms. The second-order valence-corrected chi connectivity index (χ2v) is 10.0. The number of aliphatic hydroxyl groups is 1. The van der Waals surface area contributed by atoms with Gasteiger partial charge in [-0.2, -0.15) is 10.1 Å². The Morgan fingerprint density at radius 3 is 2.40 bits per heavy atom. The average Bonchev–Trinajstić information content (AvgIpc) is 3.56. The van der Waals surface area contributed by atoms with Gasteiger partial charge in [-0.05, 0) is 73.5 Å². The highest BCUT2D eigenvalue weighted by molar-refractivity contribution is 5.97. The molecule has 1 atom stereocenters. The van der Waals surface area contributed by atoms with Crippen LogP contribution >= 0.6 is 0 Å². The average molecular weight is 598 g/mol. The van der Waals surface area contributed by atoms with Crippen LogP contribution in [0.5, 0.6) is 0 Å². The van der Waals surface area contributed by atoms with Gasteiger partial charge < -0.3 is 14.9 Å². The summed E-state index contributed by atoms with van der Waals surface area (Å²) in [6, 6.07) is 7.59. The molecule has 13 nitrogen and oxygen atoms in total. The van der Waals surface area contributed by atoms with Gasteiger partial charge in [0.15, 0.2) is 17.3 Å². The number of aryl methyl sites for hydroxylation is 1. The highest BCUT2D eigenvalue weighted by Crippen LogP contribution is 2.34. The highest BCUT2D eigenvalue weighted by Gasteiger charge is 2.41. The quantitative estimate of drug-likeness (QED) is 0.362. The van der Waals surface area contributed by atoms with Crippen LogP contribution in [-0.4, -0.2) is 62.0 Å². The predicted molar refractivity (Wildman–Crippen MR) is 148 cm³/mol. The zero-order valence-corrected chi connectivity index (χ0v) is 23.4. The zero-order valence-electron chi connectivity index (χ0n) is 23.4. The van der Waals surface area contributed by atoms with Gasteiger partial charge in [0.2, 0.25) is 0 Å². The number of carbonyl (C=O) groups is 3. The lowest BCUT2D eigenvalue weighted by atomic mass is 9.93. The van der Waals surface area contributed by atoms with Gasteiger partial charge >= 0.3 is 18.0 Å². The van der Waals surface area contributed by atoms with E-state index in [0.717, 1.165) is 37.5 Å². The number of halogens is 2. The smallest absolute Gasteiger partial charge is 0.358 e. The number of benzene rings is 2. The molecule has 0 spiro atoms. The summed E-state index contributed by atoms with van der Waals surface area (Å²) in [5.41, 5.74) is -0.102. The number of hydrogen-bond acceptors (Lipinski definition) is 9. The fraction of sp³-hybridized carbons (Fsp3) is 0.357. The van der Waals surface area contributed by atoms with Crippen molar-refractivity contribution in [2.45, 2.75) is 58.3 Å². The first-order chi connectivity index (χ1) is 20.6. The molecule has 2 amide bonds. The molecule has 0 radical (unpaired) electrons. The Balaban J connectivity index is 1.52. The summed E-state index contributed by atoms with van der Waals surface area (Å²) in [4.78, 5) is 39.9. The number of aromatic nitrogens is 2. The van der Waals surface area contributed by atoms with E-state index >= 15 is 0 Å². The summed E-state index contributed by atoms with van der Waals surface area (Å²) in [6.45, 7) is 3.45. The van der Waals surface area contributed by atoms with Crippen molar-refractivity contribution in [1.29, 1.82) is 0 Å². The molecule has 3 aromatic rings. The number of amides is 2. The number of urea groups is 1. The molecule has 2 N–H and O–H groups in total. The number of esters is 1. The number of ether oxygens (including phenoxy) is 1. The van der Waals surface area contributed by atoms with Crippen LogP contribution in [0.1, 0.15) is 65.6 Å². The lowest BCUT2D eigenvalue weighted by Crippen LogP contribution is -2.52. The second-order valence-electron chi connectivity index (χ2n) is 10.0. The maximum atomic E-state index is 14.4. The Morgan fingerprint density at radius 1 is 1.05 bits per heavy atom. The molecule has 226 valence electrons. The van der Waals surface area contributed by atoms with Crippen LogP contribution in [0.3, 0.4) is 0 Å². The Labute approximate surface area is 244 Å². The van der Waals surface area contributed by atoms with Crippen LogP contribution in [0.25, 0.3) is 5.69 Å². The van der Waals surface area contributed by atoms with Gasteiger partial charge in [-0.1, -0.05) is 25.3 Å². The number of carboxylic acid groups (broad SMARTS) is 1. The Bertz CT molecular complexity index is 1570. The lowest BCUT2D eigenvalue weighted by Gasteiger charge is -2.36. The van der Waals surface area contributed by atoms with E-state index in [1.54, 1.807) is 13.8 Å². The van der Waals surface area contributed by atoms with Crippen molar-refractivity contribution in [1.82, 2.24) is 14.8 Å². The van der Waals surface area contributed by atoms with Crippen molar-refractivity contribution >= 4 is 29.3 Å². The van der Waals surface area contributed by atoms with E-state index in [0.29, 0.717) is 28.6 Å². The van der Waals surface area contributed by atoms with Gasteiger partial charge in [-0.25, -0.2) is 27.8 Å². The van der Waals surface area contributed by atoms with Crippen molar-refractivity contribution in [2.75, 3.05) is 16.5 Å². The molecule has 0 saturated heterocycles. The minimum Gasteiger partial charge on any atom is -0.478 e. The van der Waals surface area contributed by atoms with Crippen molar-refractivity contribution in [3.8, 4) is 5.69 Å². The zero-order chi connectivity index (χ0) is 30.8. The topological polar surface area (TPSA) is 153 Å². The summed E-state index contributed by atoms with van der Waals surface area (Å²) in [6.07, 6.45) is 1.76. The molecule has 1 fully saturated rings. The van der Waals surface area contributed by atoms with Gasteiger partial charge in [-0.15, -0.1) is 5.01 Å². The number of hydrogen-bond donors (Lipinski definition) is 2. The number of nitrogens with zero attached hydrogens (tertiary/aromatic N) is 7. The van der Waals surface area contributed by atoms with E-state index in [9.17, 15) is 33.4 Å². The molecule has 2 aromatic carbocycles. The summed E-state index contributed by atoms with van der Waals surface area (Å²) in [5.74, 6) is -4.01. The van der Waals surface area contributed by atoms with E-state index < -0.39 is 47.7 Å². The molecule has 15 heteroatoms. The van der Waals surface area contributed by atoms with Crippen LogP contribution < -0.4 is 9.91 Å². The van der Waals surface area contributed by atoms with Gasteiger partial charge in [0.05, 0.1) is 17.9 Å². The number of aliphatic hydroxyl groups excluding tert-OH is 1. The first-order valence-corrected chi connectivity index (χ1v) is 13.7. The maximum absolute atomic E-state index is 14.4. The highest BCUT2D eigenvalue weighted by atomic mass is 19.1. The van der Waals surface area contributed by atoms with E-state index in [-0.39, 0.29) is 29.2 Å². The molecule has 1 aliphatic carbocycles. The molecule has 2 heterocycles. The van der Waals surface area contributed by atoms with E-state index in [1.165, 1.54) is 33.8 Å². The minimum atomic E-state index is -1.98. The number of aromatic carboxylic acids is 1. The third kappa shape index (κ3) is 5.62. The Morgan fingerprint density at radius 2 is 1.74 bits per heavy atom. The fourth-order valence-electron chi connectivity index (χ4n) is 5.27. The van der Waals surface area contributed by atoms with Crippen LogP contribution in [0.15, 0.2) is 52.9 Å². The van der Waals surface area contributed by atoms with Crippen molar-refractivity contribution < 1.29 is 38.1 Å². The second kappa shape index (κ2) is 12.1. The van der Waals surface area contributed by atoms with E-state index in [1.807, 2.05) is 0 Å². The van der Waals surface area contributed by atoms with Gasteiger partial charge in [0.25, 0.3) is 6.35 Å². The summed E-state index contributed by atoms with van der Waals surface area (Å²) in [7, 11) is 0. The predicted octanol–water partition coefficient (Wildman–Crippen LogP) is 4.97. The molecule has 0 bridgehead atoms. The molecule has 2 aliphatic rings. The number of anilines is 2. The third-order valence-electron chi connectivity index (χ3n) is 7.27. The first-order valence-electron chi connectivity index (χ1n) is 13.7. The van der Waals surface area contributed by atoms with Gasteiger partial charge in [-0.3, -0.25) is 4.90 Å². The normalized spacial score (nSPS) is 16.9. The molecule has 5 rings (SSSR count). The van der Waals surface area contributed by atoms with Crippen molar-refractivity contribution in [3.63, 3.8) is 0 Å². The van der Waals surface area contributed by atoms with Crippen LogP contribution in [-0.2, 0) is 4.74 Å². The summed E-state index contributed by atoms with van der Waals surface area (Å²) in [5, 5.41) is 33.7. The largest absolute Gasteiger partial charge is 0.478 e. The Hall–Kier alpha value is -4.92. The monoisotopic (exact) mass is 597 g/mol. The SMILES string of the molecule is CCOC(=O)c1cc(C)n(-c2ccc(N(C(=O)N3N=NN(c4c(F)cccc4F)C3O)C3CCCCC3)cc2C(=O)O)n1. The number of carbonyl (C=O) groups excluding carboxylic acids is 2. The molecule has 1 unspecified atom stereocenters. The number of para-hydroxylation sites is 1. The van der Waals surface area contributed by atoms with Gasteiger partial charge in [0.1, 0.15) is 5.69 Å². The molecular formula is C28H29F2N7O6. The first kappa shape index (κ1) is 29.6. The van der Waals surface area contributed by atoms with Crippen LogP contribution in [0.4, 0.5) is 25.0 Å². The molecule has 1 aliphatic heterocycles. The summed E-state index contributed by atoms with van der Waals surface area (Å²) < 4.78 is 35.2.